The van der Waals surface area contributed by atoms with Crippen molar-refractivity contribution in [1.29, 1.82) is 0 Å². The fourth-order valence-electron chi connectivity index (χ4n) is 8.71. The van der Waals surface area contributed by atoms with Gasteiger partial charge in [0.1, 0.15) is 5.75 Å². The van der Waals surface area contributed by atoms with Crippen molar-refractivity contribution in [3.8, 4) is 5.75 Å². The van der Waals surface area contributed by atoms with Gasteiger partial charge in [0.2, 0.25) is 10.0 Å². The molecule has 1 fully saturated rings. The summed E-state index contributed by atoms with van der Waals surface area (Å²) in [6.45, 7) is 4.75. The van der Waals surface area contributed by atoms with Crippen molar-refractivity contribution in [3.05, 3.63) is 58.1 Å². The summed E-state index contributed by atoms with van der Waals surface area (Å²) in [5.74, 6) is -4.58. The number of fused-ring (bicyclic) bond motifs is 4. The van der Waals surface area contributed by atoms with Crippen LogP contribution in [0.5, 0.6) is 5.75 Å². The third-order valence-corrected chi connectivity index (χ3v) is 14.0. The first-order valence-electron chi connectivity index (χ1n) is 17.5. The highest BCUT2D eigenvalue weighted by Gasteiger charge is 2.47. The maximum absolute atomic E-state index is 13.6. The van der Waals surface area contributed by atoms with Crippen LogP contribution in [0.15, 0.2) is 36.4 Å². The standard InChI is InChI=1S/C37H47ClN2O9S/c1-21-14-26(33(35(43)47-3)36(44)48-4)17-31(41)28-10-7-25(28)18-40-19-37(13-5-6-23-15-27(38)9-11-29(23)37)20-49-32-12-8-24(16-30(32)40)34(42)39-50(45,46)22(21)2/h8-9,11-12,15-16,21-22,25-26,28,31,33,41H,5-7,10,13-14,17-20H2,1-4H3,(H,39,42)/t21?,22-,25+,26-,28-,31-,37+/m1/s1. The molecule has 2 bridgehead atoms. The fourth-order valence-corrected chi connectivity index (χ4v) is 10.2. The van der Waals surface area contributed by atoms with Gasteiger partial charge in [-0.2, -0.15) is 0 Å². The SMILES string of the molecule is COC(=O)C(C(=O)OC)[C@@H]1CC(C)[C@@H](C)S(=O)(=O)NC(=O)c2ccc3c(c2)N(C[C@@H]2CC[C@H]2[C@H](O)C1)C[C@@]1(CCCc2cc(Cl)ccc21)CO3. The third kappa shape index (κ3) is 6.95. The number of sulfonamides is 1. The van der Waals surface area contributed by atoms with Gasteiger partial charge < -0.3 is 24.2 Å². The molecule has 1 saturated carbocycles. The Balaban J connectivity index is 1.42. The molecule has 2 aromatic carbocycles. The number of hydrogen-bond acceptors (Lipinski definition) is 10. The second kappa shape index (κ2) is 14.3. The summed E-state index contributed by atoms with van der Waals surface area (Å²) in [6, 6.07) is 11.1. The Labute approximate surface area is 299 Å². The lowest BCUT2D eigenvalue weighted by Gasteiger charge is -2.46. The van der Waals surface area contributed by atoms with Crippen molar-refractivity contribution >= 4 is 45.2 Å². The number of benzene rings is 2. The molecule has 13 heteroatoms. The monoisotopic (exact) mass is 730 g/mol. The Hall–Kier alpha value is -3.35. The Morgan fingerprint density at radius 1 is 1.08 bits per heavy atom. The Kier molecular flexibility index (Phi) is 10.5. The van der Waals surface area contributed by atoms with E-state index in [-0.39, 0.29) is 35.7 Å². The van der Waals surface area contributed by atoms with E-state index in [9.17, 15) is 27.9 Å². The number of methoxy groups -OCH3 is 2. The zero-order valence-corrected chi connectivity index (χ0v) is 30.6. The van der Waals surface area contributed by atoms with Crippen molar-refractivity contribution in [1.82, 2.24) is 4.72 Å². The first kappa shape index (κ1) is 36.4. The van der Waals surface area contributed by atoms with Crippen molar-refractivity contribution < 1.29 is 42.1 Å². The van der Waals surface area contributed by atoms with Gasteiger partial charge in [0.15, 0.2) is 5.92 Å². The number of esters is 2. The molecule has 2 aliphatic carbocycles. The van der Waals surface area contributed by atoms with E-state index in [1.165, 1.54) is 32.3 Å². The normalized spacial score (nSPS) is 30.9. The van der Waals surface area contributed by atoms with Crippen LogP contribution >= 0.6 is 11.6 Å². The molecule has 2 N–H and O–H groups in total. The Bertz CT molecular complexity index is 1740. The molecule has 1 unspecified atom stereocenters. The molecule has 4 aliphatic rings. The minimum Gasteiger partial charge on any atom is -0.490 e. The maximum Gasteiger partial charge on any atom is 0.320 e. The molecule has 6 rings (SSSR count). The number of rotatable bonds is 3. The Morgan fingerprint density at radius 3 is 2.50 bits per heavy atom. The van der Waals surface area contributed by atoms with Gasteiger partial charge in [-0.05, 0) is 117 Å². The number of nitrogens with zero attached hydrogens (tertiary/aromatic N) is 1. The van der Waals surface area contributed by atoms with Crippen LogP contribution in [0.25, 0.3) is 0 Å². The fraction of sp³-hybridized carbons (Fsp3) is 0.595. The van der Waals surface area contributed by atoms with Gasteiger partial charge >= 0.3 is 11.9 Å². The number of aryl methyl sites for hydroxylation is 1. The molecule has 2 heterocycles. The van der Waals surface area contributed by atoms with Gasteiger partial charge in [-0.15, -0.1) is 0 Å². The van der Waals surface area contributed by atoms with E-state index < -0.39 is 57.0 Å². The first-order valence-corrected chi connectivity index (χ1v) is 19.4. The molecule has 50 heavy (non-hydrogen) atoms. The lowest BCUT2D eigenvalue weighted by Crippen LogP contribution is -2.50. The summed E-state index contributed by atoms with van der Waals surface area (Å²) in [4.78, 5) is 41.8. The van der Waals surface area contributed by atoms with Crippen molar-refractivity contribution in [2.45, 2.75) is 75.6 Å². The van der Waals surface area contributed by atoms with E-state index in [1.807, 2.05) is 12.1 Å². The first-order chi connectivity index (χ1) is 23.8. The number of amides is 1. The molecule has 272 valence electrons. The van der Waals surface area contributed by atoms with Crippen LogP contribution in [0.2, 0.25) is 5.02 Å². The van der Waals surface area contributed by atoms with E-state index in [2.05, 4.69) is 15.7 Å². The molecule has 2 aliphatic heterocycles. The Morgan fingerprint density at radius 2 is 1.82 bits per heavy atom. The van der Waals surface area contributed by atoms with E-state index in [4.69, 9.17) is 25.8 Å². The highest BCUT2D eigenvalue weighted by atomic mass is 35.5. The summed E-state index contributed by atoms with van der Waals surface area (Å²) < 4.78 is 46.0. The van der Waals surface area contributed by atoms with Gasteiger partial charge in [0.25, 0.3) is 5.91 Å². The number of anilines is 1. The molecular formula is C37H47ClN2O9S. The van der Waals surface area contributed by atoms with Gasteiger partial charge in [-0.25, -0.2) is 13.1 Å². The van der Waals surface area contributed by atoms with E-state index >= 15 is 0 Å². The number of hydrogen-bond donors (Lipinski definition) is 2. The third-order valence-electron chi connectivity index (χ3n) is 11.9. The van der Waals surface area contributed by atoms with E-state index in [0.717, 1.165) is 32.1 Å². The second-order valence-electron chi connectivity index (χ2n) is 14.8. The number of ether oxygens (including phenoxy) is 3. The average molecular weight is 731 g/mol. The van der Waals surface area contributed by atoms with Crippen LogP contribution in [0.1, 0.15) is 73.9 Å². The predicted octanol–water partition coefficient (Wildman–Crippen LogP) is 4.66. The van der Waals surface area contributed by atoms with Crippen LogP contribution in [0, 0.1) is 29.6 Å². The number of aliphatic hydroxyl groups is 1. The van der Waals surface area contributed by atoms with Crippen molar-refractivity contribution in [3.63, 3.8) is 0 Å². The topological polar surface area (TPSA) is 149 Å². The molecule has 11 nitrogen and oxygen atoms in total. The number of halogens is 1. The molecule has 0 saturated heterocycles. The minimum absolute atomic E-state index is 0.0683. The molecule has 7 atom stereocenters. The smallest absolute Gasteiger partial charge is 0.320 e. The molecular weight excluding hydrogens is 684 g/mol. The highest BCUT2D eigenvalue weighted by molar-refractivity contribution is 7.90. The van der Waals surface area contributed by atoms with E-state index in [0.29, 0.717) is 36.2 Å². The van der Waals surface area contributed by atoms with Crippen LogP contribution in [-0.2, 0) is 40.9 Å². The zero-order valence-electron chi connectivity index (χ0n) is 29.0. The summed E-state index contributed by atoms with van der Waals surface area (Å²) >= 11 is 6.41. The lowest BCUT2D eigenvalue weighted by molar-refractivity contribution is -0.162. The summed E-state index contributed by atoms with van der Waals surface area (Å²) in [6.07, 6.45) is 3.66. The molecule has 2 aromatic rings. The predicted molar refractivity (Wildman–Crippen MR) is 188 cm³/mol. The lowest BCUT2D eigenvalue weighted by atomic mass is 9.66. The maximum atomic E-state index is 13.6. The molecule has 1 spiro atoms. The summed E-state index contributed by atoms with van der Waals surface area (Å²) in [7, 11) is -1.85. The van der Waals surface area contributed by atoms with Gasteiger partial charge in [0.05, 0.1) is 37.9 Å². The van der Waals surface area contributed by atoms with Crippen LogP contribution in [-0.4, -0.2) is 76.6 Å². The molecule has 0 radical (unpaired) electrons. The molecule has 0 aromatic heterocycles. The van der Waals surface area contributed by atoms with Crippen LogP contribution in [0.3, 0.4) is 0 Å². The van der Waals surface area contributed by atoms with Crippen LogP contribution in [0.4, 0.5) is 5.69 Å². The molecule has 1 amide bonds. The number of carbonyl (C=O) groups is 3. The quantitative estimate of drug-likeness (QED) is 0.338. The average Bonchev–Trinajstić information content (AvgIpc) is 3.22. The van der Waals surface area contributed by atoms with Gasteiger partial charge in [-0.3, -0.25) is 14.4 Å². The van der Waals surface area contributed by atoms with Crippen molar-refractivity contribution in [2.75, 3.05) is 38.8 Å². The summed E-state index contributed by atoms with van der Waals surface area (Å²) in [5, 5.41) is 11.4. The minimum atomic E-state index is -4.21. The number of aliphatic hydroxyl groups excluding tert-OH is 1. The largest absolute Gasteiger partial charge is 0.490 e. The van der Waals surface area contributed by atoms with E-state index in [1.54, 1.807) is 25.1 Å². The van der Waals surface area contributed by atoms with Crippen LogP contribution < -0.4 is 14.4 Å². The van der Waals surface area contributed by atoms with Crippen molar-refractivity contribution in [2.24, 2.45) is 29.6 Å². The highest BCUT2D eigenvalue weighted by Crippen LogP contribution is 2.47. The number of carbonyl (C=O) groups excluding carboxylic acids is 3. The number of nitrogens with one attached hydrogen (secondary N) is 1. The van der Waals surface area contributed by atoms with Gasteiger partial charge in [-0.1, -0.05) is 24.6 Å². The zero-order chi connectivity index (χ0) is 36.0. The van der Waals surface area contributed by atoms with Gasteiger partial charge in [0, 0.05) is 29.1 Å². The second-order valence-corrected chi connectivity index (χ2v) is 17.2. The summed E-state index contributed by atoms with van der Waals surface area (Å²) in [5.41, 5.74) is 2.88.